The summed E-state index contributed by atoms with van der Waals surface area (Å²) >= 11 is 0. The number of hydrogen-bond acceptors (Lipinski definition) is 6. The van der Waals surface area contributed by atoms with Gasteiger partial charge < -0.3 is 24.4 Å². The van der Waals surface area contributed by atoms with Crippen molar-refractivity contribution in [3.63, 3.8) is 0 Å². The van der Waals surface area contributed by atoms with Crippen LogP contribution in [0.2, 0.25) is 0 Å². The molecule has 8 nitrogen and oxygen atoms in total. The van der Waals surface area contributed by atoms with Gasteiger partial charge in [0.1, 0.15) is 24.2 Å². The summed E-state index contributed by atoms with van der Waals surface area (Å²) in [7, 11) is 0. The van der Waals surface area contributed by atoms with Crippen molar-refractivity contribution in [2.24, 2.45) is 17.8 Å². The number of likely N-dealkylation sites (tertiary alicyclic amines) is 1. The van der Waals surface area contributed by atoms with Crippen LogP contribution in [-0.2, 0) is 30.4 Å². The molecular formula is C30H40N2O6. The highest BCUT2D eigenvalue weighted by Gasteiger charge is 2.79. The highest BCUT2D eigenvalue weighted by Crippen LogP contribution is 2.65. The lowest BCUT2D eigenvalue weighted by Gasteiger charge is -2.40. The van der Waals surface area contributed by atoms with E-state index in [4.69, 9.17) is 9.47 Å². The average Bonchev–Trinajstić information content (AvgIpc) is 3.51. The molecule has 1 N–H and O–H groups in total. The van der Waals surface area contributed by atoms with Crippen LogP contribution in [0.1, 0.15) is 45.6 Å². The van der Waals surface area contributed by atoms with E-state index in [0.29, 0.717) is 25.8 Å². The average molecular weight is 525 g/mol. The smallest absolute Gasteiger partial charge is 0.313 e. The molecule has 6 atom stereocenters. The SMILES string of the molecule is C=CCOC(=O)[C@H]1[C@H]2C(=O)N([C@@H](CO)C(C)C)C(C(=O)N(CC=C)Cc3ccccc3)C23CC[C@]1(CC)O3. The van der Waals surface area contributed by atoms with E-state index in [1.165, 1.54) is 11.0 Å². The lowest BCUT2D eigenvalue weighted by Crippen LogP contribution is -2.59. The van der Waals surface area contributed by atoms with Gasteiger partial charge in [0.2, 0.25) is 11.8 Å². The summed E-state index contributed by atoms with van der Waals surface area (Å²) < 4.78 is 12.2. The van der Waals surface area contributed by atoms with Gasteiger partial charge in [0.15, 0.2) is 0 Å². The van der Waals surface area contributed by atoms with E-state index in [1.807, 2.05) is 51.1 Å². The van der Waals surface area contributed by atoms with Crippen LogP contribution in [0.15, 0.2) is 55.6 Å². The van der Waals surface area contributed by atoms with Gasteiger partial charge in [-0.05, 0) is 30.7 Å². The maximum Gasteiger partial charge on any atom is 0.313 e. The number of hydrogen-bond donors (Lipinski definition) is 1. The number of nitrogens with zero attached hydrogens (tertiary/aromatic N) is 2. The fourth-order valence-electron chi connectivity index (χ4n) is 6.87. The standard InChI is InChI=1S/C30H40N2O6/c1-6-16-31(18-21-12-10-9-11-13-21)27(35)25-30-15-14-29(8-3,38-30)24(28(36)37-17-7-2)23(30)26(34)32(25)22(19-33)20(4)5/h6-7,9-13,20,22-25,33H,1-2,8,14-19H2,3-5H3/t22-,23-,24+,25?,29-,30?/m0/s1. The van der Waals surface area contributed by atoms with Gasteiger partial charge in [-0.3, -0.25) is 14.4 Å². The van der Waals surface area contributed by atoms with Gasteiger partial charge in [0.25, 0.3) is 0 Å². The number of rotatable bonds is 12. The molecule has 2 amide bonds. The Kier molecular flexibility index (Phi) is 8.14. The number of aliphatic hydroxyl groups is 1. The van der Waals surface area contributed by atoms with Crippen molar-refractivity contribution < 1.29 is 29.0 Å². The molecule has 3 aliphatic heterocycles. The predicted molar refractivity (Wildman–Crippen MR) is 143 cm³/mol. The lowest BCUT2D eigenvalue weighted by molar-refractivity contribution is -0.163. The van der Waals surface area contributed by atoms with E-state index >= 15 is 0 Å². The molecule has 206 valence electrons. The number of carbonyl (C=O) groups excluding carboxylic acids is 3. The molecule has 0 aromatic heterocycles. The largest absolute Gasteiger partial charge is 0.461 e. The summed E-state index contributed by atoms with van der Waals surface area (Å²) in [6.07, 6.45) is 4.69. The van der Waals surface area contributed by atoms with Gasteiger partial charge in [-0.2, -0.15) is 0 Å². The zero-order valence-corrected chi connectivity index (χ0v) is 22.7. The van der Waals surface area contributed by atoms with Gasteiger partial charge in [-0.15, -0.1) is 6.58 Å². The summed E-state index contributed by atoms with van der Waals surface area (Å²) in [5.41, 5.74) is -1.11. The first kappa shape index (κ1) is 28.0. The number of amides is 2. The molecule has 38 heavy (non-hydrogen) atoms. The molecule has 3 aliphatic rings. The van der Waals surface area contributed by atoms with E-state index in [0.717, 1.165) is 5.56 Å². The Labute approximate surface area is 225 Å². The number of esters is 1. The lowest BCUT2D eigenvalue weighted by atomic mass is 9.65. The minimum atomic E-state index is -1.18. The van der Waals surface area contributed by atoms with Crippen LogP contribution in [0.4, 0.5) is 0 Å². The van der Waals surface area contributed by atoms with Gasteiger partial charge >= 0.3 is 5.97 Å². The third kappa shape index (κ3) is 4.37. The Morgan fingerprint density at radius 1 is 1.24 bits per heavy atom. The van der Waals surface area contributed by atoms with Crippen LogP contribution in [0.5, 0.6) is 0 Å². The maximum absolute atomic E-state index is 14.5. The predicted octanol–water partition coefficient (Wildman–Crippen LogP) is 3.10. The van der Waals surface area contributed by atoms with Crippen LogP contribution in [0.3, 0.4) is 0 Å². The first-order valence-electron chi connectivity index (χ1n) is 13.6. The molecule has 1 aromatic rings. The van der Waals surface area contributed by atoms with Crippen LogP contribution < -0.4 is 0 Å². The fraction of sp³-hybridized carbons (Fsp3) is 0.567. The fourth-order valence-corrected chi connectivity index (χ4v) is 6.87. The van der Waals surface area contributed by atoms with Crippen molar-refractivity contribution in [2.45, 2.75) is 69.9 Å². The zero-order chi connectivity index (χ0) is 27.7. The molecule has 1 aromatic carbocycles. The zero-order valence-electron chi connectivity index (χ0n) is 22.7. The van der Waals surface area contributed by atoms with Crippen molar-refractivity contribution >= 4 is 17.8 Å². The number of fused-ring (bicyclic) bond motifs is 1. The van der Waals surface area contributed by atoms with E-state index in [-0.39, 0.29) is 37.5 Å². The third-order valence-corrected chi connectivity index (χ3v) is 8.64. The van der Waals surface area contributed by atoms with E-state index in [2.05, 4.69) is 13.2 Å². The Morgan fingerprint density at radius 3 is 2.53 bits per heavy atom. The summed E-state index contributed by atoms with van der Waals surface area (Å²) in [5.74, 6) is -2.92. The summed E-state index contributed by atoms with van der Waals surface area (Å²) in [6, 6.07) is 8.05. The van der Waals surface area contributed by atoms with Crippen molar-refractivity contribution in [3.8, 4) is 0 Å². The highest BCUT2D eigenvalue weighted by molar-refractivity contribution is 5.98. The Bertz CT molecular complexity index is 1070. The molecule has 8 heteroatoms. The van der Waals surface area contributed by atoms with Crippen LogP contribution in [-0.4, -0.2) is 75.7 Å². The number of carbonyl (C=O) groups is 3. The van der Waals surface area contributed by atoms with E-state index < -0.39 is 41.1 Å². The second-order valence-corrected chi connectivity index (χ2v) is 11.0. The molecular weight excluding hydrogens is 484 g/mol. The van der Waals surface area contributed by atoms with Gasteiger partial charge in [0.05, 0.1) is 24.2 Å². The van der Waals surface area contributed by atoms with Crippen molar-refractivity contribution in [3.05, 3.63) is 61.2 Å². The monoisotopic (exact) mass is 524 g/mol. The molecule has 3 heterocycles. The van der Waals surface area contributed by atoms with Crippen molar-refractivity contribution in [1.82, 2.24) is 9.80 Å². The molecule has 2 unspecified atom stereocenters. The third-order valence-electron chi connectivity index (χ3n) is 8.64. The minimum Gasteiger partial charge on any atom is -0.461 e. The second kappa shape index (κ2) is 11.0. The van der Waals surface area contributed by atoms with E-state index in [9.17, 15) is 19.5 Å². The number of ether oxygens (including phenoxy) is 2. The topological polar surface area (TPSA) is 96.4 Å². The number of benzene rings is 1. The summed E-state index contributed by atoms with van der Waals surface area (Å²) in [4.78, 5) is 45.4. The van der Waals surface area contributed by atoms with Crippen LogP contribution in [0.25, 0.3) is 0 Å². The van der Waals surface area contributed by atoms with Gasteiger partial charge in [0, 0.05) is 13.1 Å². The molecule has 4 rings (SSSR count). The van der Waals surface area contributed by atoms with Crippen molar-refractivity contribution in [1.29, 1.82) is 0 Å². The maximum atomic E-state index is 14.5. The first-order valence-corrected chi connectivity index (χ1v) is 13.6. The van der Waals surface area contributed by atoms with Crippen LogP contribution >= 0.6 is 0 Å². The quantitative estimate of drug-likeness (QED) is 0.334. The number of aliphatic hydroxyl groups excluding tert-OH is 1. The normalized spacial score (nSPS) is 30.3. The van der Waals surface area contributed by atoms with E-state index in [1.54, 1.807) is 11.0 Å². The second-order valence-electron chi connectivity index (χ2n) is 11.0. The minimum absolute atomic E-state index is 0.0323. The molecule has 3 fully saturated rings. The van der Waals surface area contributed by atoms with Gasteiger partial charge in [-0.1, -0.05) is 69.8 Å². The van der Waals surface area contributed by atoms with Crippen LogP contribution in [0, 0.1) is 17.8 Å². The summed E-state index contributed by atoms with van der Waals surface area (Å²) in [6.45, 7) is 13.6. The highest BCUT2D eigenvalue weighted by atomic mass is 16.6. The van der Waals surface area contributed by atoms with Gasteiger partial charge in [-0.25, -0.2) is 0 Å². The molecule has 0 radical (unpaired) electrons. The van der Waals surface area contributed by atoms with Crippen molar-refractivity contribution in [2.75, 3.05) is 19.8 Å². The summed E-state index contributed by atoms with van der Waals surface area (Å²) in [5, 5.41) is 10.4. The molecule has 0 saturated carbocycles. The molecule has 3 saturated heterocycles. The molecule has 1 spiro atoms. The Hall–Kier alpha value is -2.97. The molecule has 0 aliphatic carbocycles. The Balaban J connectivity index is 1.82. The molecule has 2 bridgehead atoms. The Morgan fingerprint density at radius 2 is 1.95 bits per heavy atom. The first-order chi connectivity index (χ1) is 18.2.